The van der Waals surface area contributed by atoms with Gasteiger partial charge in [-0.3, -0.25) is 9.78 Å². The summed E-state index contributed by atoms with van der Waals surface area (Å²) in [7, 11) is 2.18. The molecule has 1 N–H and O–H groups in total. The van der Waals surface area contributed by atoms with Gasteiger partial charge >= 0.3 is 0 Å². The highest BCUT2D eigenvalue weighted by Gasteiger charge is 2.19. The lowest BCUT2D eigenvalue weighted by molar-refractivity contribution is -0.108. The van der Waals surface area contributed by atoms with E-state index in [1.54, 1.807) is 4.52 Å². The molecule has 1 aromatic carbocycles. The molecule has 1 aliphatic heterocycles. The minimum absolute atomic E-state index is 0.431. The van der Waals surface area contributed by atoms with Crippen LogP contribution in [0.4, 0.5) is 5.69 Å². The molecule has 0 radical (unpaired) electrons. The third kappa shape index (κ3) is 4.11. The number of amides is 1. The number of benzene rings is 1. The summed E-state index contributed by atoms with van der Waals surface area (Å²) in [6.07, 6.45) is 4.88. The highest BCUT2D eigenvalue weighted by molar-refractivity contribution is 6.04. The van der Waals surface area contributed by atoms with E-state index in [9.17, 15) is 4.79 Å². The number of carbonyl (C=O) groups excluding carboxylic acids is 1. The summed E-state index contributed by atoms with van der Waals surface area (Å²) in [6.45, 7) is 8.22. The van der Waals surface area contributed by atoms with Gasteiger partial charge in [0.2, 0.25) is 6.41 Å². The first kappa shape index (κ1) is 20.2. The van der Waals surface area contributed by atoms with Crippen LogP contribution in [0, 0.1) is 20.8 Å². The van der Waals surface area contributed by atoms with E-state index in [4.69, 9.17) is 4.99 Å². The molecule has 1 fully saturated rings. The van der Waals surface area contributed by atoms with Gasteiger partial charge in [-0.2, -0.15) is 5.10 Å². The second kappa shape index (κ2) is 8.36. The third-order valence-electron chi connectivity index (χ3n) is 5.84. The van der Waals surface area contributed by atoms with Crippen molar-refractivity contribution in [2.45, 2.75) is 39.5 Å². The van der Waals surface area contributed by atoms with Crippen molar-refractivity contribution in [3.63, 3.8) is 0 Å². The zero-order valence-electron chi connectivity index (χ0n) is 18.0. The molecule has 1 amide bonds. The van der Waals surface area contributed by atoms with Crippen molar-refractivity contribution in [1.29, 1.82) is 0 Å². The zero-order chi connectivity index (χ0) is 21.3. The lowest BCUT2D eigenvalue weighted by Crippen LogP contribution is -2.29. The molecular formula is C23H28N6O. The summed E-state index contributed by atoms with van der Waals surface area (Å²) < 4.78 is 1.78. The molecule has 0 spiro atoms. The van der Waals surface area contributed by atoms with E-state index in [2.05, 4.69) is 46.4 Å². The summed E-state index contributed by atoms with van der Waals surface area (Å²) >= 11 is 0. The van der Waals surface area contributed by atoms with E-state index in [1.165, 1.54) is 18.4 Å². The van der Waals surface area contributed by atoms with E-state index < -0.39 is 0 Å². The largest absolute Gasteiger partial charge is 0.311 e. The Bertz CT molecular complexity index is 1110. The topological polar surface area (TPSA) is 74.9 Å². The summed E-state index contributed by atoms with van der Waals surface area (Å²) in [5.41, 5.74) is 6.57. The van der Waals surface area contributed by atoms with E-state index in [-0.39, 0.29) is 0 Å². The fourth-order valence-corrected chi connectivity index (χ4v) is 4.15. The van der Waals surface area contributed by atoms with E-state index in [0.717, 1.165) is 41.2 Å². The van der Waals surface area contributed by atoms with Crippen molar-refractivity contribution < 1.29 is 4.79 Å². The quantitative estimate of drug-likeness (QED) is 0.411. The Morgan fingerprint density at radius 1 is 1.20 bits per heavy atom. The number of aryl methyl sites for hydroxylation is 3. The van der Waals surface area contributed by atoms with Crippen LogP contribution in [0.1, 0.15) is 47.0 Å². The lowest BCUT2D eigenvalue weighted by Gasteiger charge is -2.29. The van der Waals surface area contributed by atoms with E-state index in [0.29, 0.717) is 23.9 Å². The number of hydrogen-bond donors (Lipinski definition) is 1. The number of hydrogen-bond acceptors (Lipinski definition) is 5. The summed E-state index contributed by atoms with van der Waals surface area (Å²) in [6, 6.07) is 8.34. The van der Waals surface area contributed by atoms with Crippen LogP contribution in [0.25, 0.3) is 5.52 Å². The first-order valence-electron chi connectivity index (χ1n) is 10.4. The first-order valence-corrected chi connectivity index (χ1v) is 10.4. The van der Waals surface area contributed by atoms with Gasteiger partial charge in [-0.05, 0) is 82.9 Å². The van der Waals surface area contributed by atoms with Gasteiger partial charge in [0.05, 0.1) is 28.8 Å². The molecule has 2 aromatic heterocycles. The SMILES string of the molecule is Cc1cn2nc(/C(=N/c3ccc(C4CCN(C)CC4)cc3C)NC=O)cc2c(C)n1. The number of aromatic nitrogens is 3. The molecule has 0 bridgehead atoms. The predicted molar refractivity (Wildman–Crippen MR) is 119 cm³/mol. The number of likely N-dealkylation sites (tertiary alicyclic amines) is 1. The fourth-order valence-electron chi connectivity index (χ4n) is 4.15. The maximum Gasteiger partial charge on any atom is 0.212 e. The van der Waals surface area contributed by atoms with Gasteiger partial charge in [0, 0.05) is 0 Å². The Labute approximate surface area is 176 Å². The van der Waals surface area contributed by atoms with Crippen molar-refractivity contribution in [3.05, 3.63) is 58.7 Å². The molecule has 1 aliphatic rings. The smallest absolute Gasteiger partial charge is 0.212 e. The maximum atomic E-state index is 11.2. The number of fused-ring (bicyclic) bond motifs is 1. The highest BCUT2D eigenvalue weighted by atomic mass is 16.1. The molecule has 0 atom stereocenters. The van der Waals surface area contributed by atoms with Crippen LogP contribution in [0.5, 0.6) is 0 Å². The highest BCUT2D eigenvalue weighted by Crippen LogP contribution is 2.31. The van der Waals surface area contributed by atoms with Gasteiger partial charge in [0.1, 0.15) is 5.69 Å². The molecule has 0 saturated carbocycles. The zero-order valence-corrected chi connectivity index (χ0v) is 18.0. The van der Waals surface area contributed by atoms with Gasteiger partial charge in [-0.15, -0.1) is 0 Å². The Kier molecular flexibility index (Phi) is 5.63. The van der Waals surface area contributed by atoms with Crippen molar-refractivity contribution >= 4 is 23.4 Å². The minimum Gasteiger partial charge on any atom is -0.311 e. The van der Waals surface area contributed by atoms with Crippen LogP contribution in [-0.2, 0) is 4.79 Å². The van der Waals surface area contributed by atoms with Crippen LogP contribution >= 0.6 is 0 Å². The molecule has 0 aliphatic carbocycles. The van der Waals surface area contributed by atoms with Gasteiger partial charge in [-0.25, -0.2) is 9.51 Å². The standard InChI is InChI=1S/C23H28N6O/c1-15-11-19(18-7-9-28(4)10-8-18)5-6-20(15)26-23(24-14-30)21-12-22-17(3)25-16(2)13-29(22)27-21/h5-6,11-14,18H,7-10H2,1-4H3,(H,24,26,30). The van der Waals surface area contributed by atoms with Crippen LogP contribution < -0.4 is 5.32 Å². The van der Waals surface area contributed by atoms with Crippen molar-refractivity contribution in [1.82, 2.24) is 24.8 Å². The molecule has 156 valence electrons. The van der Waals surface area contributed by atoms with E-state index >= 15 is 0 Å². The second-order valence-electron chi connectivity index (χ2n) is 8.17. The Morgan fingerprint density at radius 3 is 2.67 bits per heavy atom. The van der Waals surface area contributed by atoms with Gasteiger partial charge in [0.15, 0.2) is 5.84 Å². The normalized spacial score (nSPS) is 16.2. The Morgan fingerprint density at radius 2 is 1.97 bits per heavy atom. The van der Waals surface area contributed by atoms with Crippen LogP contribution in [0.3, 0.4) is 0 Å². The Balaban J connectivity index is 1.67. The average Bonchev–Trinajstić information content (AvgIpc) is 3.14. The van der Waals surface area contributed by atoms with Gasteiger partial charge in [-0.1, -0.05) is 12.1 Å². The number of nitrogens with zero attached hydrogens (tertiary/aromatic N) is 5. The molecule has 7 heteroatoms. The van der Waals surface area contributed by atoms with Gasteiger partial charge < -0.3 is 10.2 Å². The third-order valence-corrected chi connectivity index (χ3v) is 5.84. The van der Waals surface area contributed by atoms with Crippen molar-refractivity contribution in [3.8, 4) is 0 Å². The molecule has 1 saturated heterocycles. The molecular weight excluding hydrogens is 376 g/mol. The van der Waals surface area contributed by atoms with Gasteiger partial charge in [0.25, 0.3) is 0 Å². The predicted octanol–water partition coefficient (Wildman–Crippen LogP) is 3.29. The Hall–Kier alpha value is -3.06. The number of aliphatic imine (C=N–C) groups is 1. The monoisotopic (exact) mass is 404 g/mol. The number of nitrogens with one attached hydrogen (secondary N) is 1. The van der Waals surface area contributed by atoms with Crippen LogP contribution in [0.2, 0.25) is 0 Å². The number of amidine groups is 1. The molecule has 3 heterocycles. The first-order chi connectivity index (χ1) is 14.4. The maximum absolute atomic E-state index is 11.2. The van der Waals surface area contributed by atoms with Crippen LogP contribution in [-0.4, -0.2) is 51.9 Å². The number of carbonyl (C=O) groups is 1. The number of piperidine rings is 1. The fraction of sp³-hybridized carbons (Fsp3) is 0.391. The lowest BCUT2D eigenvalue weighted by atomic mass is 9.88. The molecule has 3 aromatic rings. The summed E-state index contributed by atoms with van der Waals surface area (Å²) in [4.78, 5) is 22.8. The molecule has 0 unspecified atom stereocenters. The van der Waals surface area contributed by atoms with Crippen molar-refractivity contribution in [2.75, 3.05) is 20.1 Å². The minimum atomic E-state index is 0.431. The summed E-state index contributed by atoms with van der Waals surface area (Å²) in [5, 5.41) is 7.32. The molecule has 30 heavy (non-hydrogen) atoms. The molecule has 4 rings (SSSR count). The second-order valence-corrected chi connectivity index (χ2v) is 8.17. The van der Waals surface area contributed by atoms with Crippen LogP contribution in [0.15, 0.2) is 35.5 Å². The molecule has 7 nitrogen and oxygen atoms in total. The van der Waals surface area contributed by atoms with Crippen molar-refractivity contribution in [2.24, 2.45) is 4.99 Å². The average molecular weight is 405 g/mol. The van der Waals surface area contributed by atoms with E-state index in [1.807, 2.05) is 32.2 Å². The number of rotatable bonds is 4. The summed E-state index contributed by atoms with van der Waals surface area (Å²) in [5.74, 6) is 1.03.